The van der Waals surface area contributed by atoms with Crippen LogP contribution >= 0.6 is 0 Å². The minimum absolute atomic E-state index is 0.149. The Hall–Kier alpha value is -13.5. The number of hydrogen-bond donors (Lipinski definition) is 10. The number of aromatic carboxylic acids is 4. The predicted molar refractivity (Wildman–Crippen MR) is 386 cm³/mol. The smallest absolute Gasteiger partial charge is 0.337 e. The lowest BCUT2D eigenvalue weighted by molar-refractivity contribution is 0.0687. The Bertz CT molecular complexity index is 4680. The van der Waals surface area contributed by atoms with E-state index in [0.717, 1.165) is 78.6 Å². The van der Waals surface area contributed by atoms with Crippen molar-refractivity contribution in [1.29, 1.82) is 0 Å². The van der Waals surface area contributed by atoms with Crippen molar-refractivity contribution in [2.75, 3.05) is 63.9 Å². The first-order valence-corrected chi connectivity index (χ1v) is 31.2. The summed E-state index contributed by atoms with van der Waals surface area (Å²) in [6.07, 6.45) is 5.12. The van der Waals surface area contributed by atoms with E-state index in [9.17, 15) is 39.6 Å². The first kappa shape index (κ1) is 72.7. The number of aromatic nitrogens is 6. The van der Waals surface area contributed by atoms with E-state index in [1.807, 2.05) is 90.1 Å². The van der Waals surface area contributed by atoms with E-state index < -0.39 is 23.9 Å². The Kier molecular flexibility index (Phi) is 23.6. The van der Waals surface area contributed by atoms with Crippen LogP contribution in [-0.4, -0.2) is 118 Å². The average molecular weight is 1380 g/mol. The molecule has 4 aromatic heterocycles. The van der Waals surface area contributed by atoms with Crippen LogP contribution in [0.25, 0.3) is 44.6 Å². The van der Waals surface area contributed by atoms with Gasteiger partial charge in [-0.3, -0.25) is 10.2 Å². The molecule has 4 heterocycles. The number of nitrogens with zero attached hydrogens (tertiary/aromatic N) is 4. The predicted octanol–water partition coefficient (Wildman–Crippen LogP) is 16.5. The molecule has 26 heteroatoms. The monoisotopic (exact) mass is 1380 g/mol. The molecule has 12 rings (SSSR count). The van der Waals surface area contributed by atoms with E-state index in [-0.39, 0.29) is 22.3 Å². The van der Waals surface area contributed by atoms with Crippen molar-refractivity contribution in [3.05, 3.63) is 227 Å². The highest BCUT2D eigenvalue weighted by Crippen LogP contribution is 2.46. The zero-order valence-electron chi connectivity index (χ0n) is 57.6. The van der Waals surface area contributed by atoms with Crippen LogP contribution in [-0.2, 0) is 0 Å². The number of methoxy groups -OCH3 is 6. The van der Waals surface area contributed by atoms with Crippen molar-refractivity contribution in [3.8, 4) is 79.1 Å². The lowest BCUT2D eigenvalue weighted by atomic mass is 9.97. The Morgan fingerprint density at radius 1 is 0.382 bits per heavy atom. The van der Waals surface area contributed by atoms with Crippen LogP contribution in [0.15, 0.2) is 179 Å². The molecule has 0 fully saturated rings. The number of anilines is 8. The van der Waals surface area contributed by atoms with Crippen molar-refractivity contribution in [3.63, 3.8) is 0 Å². The Morgan fingerprint density at radius 3 is 0.980 bits per heavy atom. The van der Waals surface area contributed by atoms with E-state index in [4.69, 9.17) is 37.5 Å². The summed E-state index contributed by atoms with van der Waals surface area (Å²) in [7, 11) is 9.25. The van der Waals surface area contributed by atoms with Gasteiger partial charge in [-0.15, -0.1) is 0 Å². The van der Waals surface area contributed by atoms with Gasteiger partial charge in [-0.05, 0) is 172 Å². The second-order valence-electron chi connectivity index (χ2n) is 22.5. The number of nitrogens with one attached hydrogen (secondary N) is 6. The molecule has 0 aliphatic rings. The number of carboxylic acids is 4. The maximum absolute atomic E-state index is 11.5. The minimum Gasteiger partial charge on any atom is -0.494 e. The lowest BCUT2D eigenvalue weighted by Crippen LogP contribution is -2.04. The summed E-state index contributed by atoms with van der Waals surface area (Å²) in [4.78, 5) is 45.7. The maximum atomic E-state index is 11.5. The fourth-order valence-corrected chi connectivity index (χ4v) is 11.1. The molecule has 0 radical (unpaired) electrons. The van der Waals surface area contributed by atoms with Gasteiger partial charge in [-0.1, -0.05) is 58.8 Å². The number of carboxylic acid groups (broad SMARTS) is 4. The SMILES string of the molecule is COc1cc(-c2c(C)noc2C)cc(OC)c1Nc1ccccc1C(=O)O.COc1cc(-c2ccn[nH]2)cc(OC)c1Nc1ccccc1C(=O)O.COc1cc(-c2cn[nH]c2)cc(OC)c1Nc1ccccc1C(=O)O.Cc1cc(-c2c(C)noc2C)cc(C)c1Nc1ccccc1C(=O)O. The number of hydrogen-bond acceptors (Lipinski definition) is 20. The molecule has 10 N–H and O–H groups in total. The van der Waals surface area contributed by atoms with Crippen LogP contribution in [0.4, 0.5) is 45.5 Å². The van der Waals surface area contributed by atoms with Gasteiger partial charge in [0, 0.05) is 40.3 Å². The largest absolute Gasteiger partial charge is 0.494 e. The van der Waals surface area contributed by atoms with Crippen molar-refractivity contribution in [2.45, 2.75) is 41.5 Å². The molecule has 26 nitrogen and oxygen atoms in total. The van der Waals surface area contributed by atoms with Crippen LogP contribution in [0.3, 0.4) is 0 Å². The van der Waals surface area contributed by atoms with Crippen LogP contribution in [0.2, 0.25) is 0 Å². The number of ether oxygens (including phenoxy) is 6. The van der Waals surface area contributed by atoms with Crippen LogP contribution in [0, 0.1) is 41.5 Å². The van der Waals surface area contributed by atoms with Crippen LogP contribution in [0.5, 0.6) is 34.5 Å². The minimum atomic E-state index is -1.02. The Balaban J connectivity index is 0.000000158. The summed E-state index contributed by atoms with van der Waals surface area (Å²) < 4.78 is 43.5. The Labute approximate surface area is 585 Å². The number of aryl methyl sites for hydroxylation is 6. The molecule has 0 atom stereocenters. The van der Waals surface area contributed by atoms with E-state index in [1.54, 1.807) is 134 Å². The molecule has 0 aliphatic carbocycles. The molecule has 0 spiro atoms. The van der Waals surface area contributed by atoms with E-state index in [0.29, 0.717) is 80.1 Å². The number of benzene rings is 8. The zero-order chi connectivity index (χ0) is 73.3. The van der Waals surface area contributed by atoms with Gasteiger partial charge in [0.05, 0.1) is 111 Å². The van der Waals surface area contributed by atoms with Gasteiger partial charge in [0.1, 0.15) is 63.1 Å². The summed E-state index contributed by atoms with van der Waals surface area (Å²) in [5.74, 6) is 0.552. The number of rotatable bonds is 22. The molecule has 0 amide bonds. The summed E-state index contributed by atoms with van der Waals surface area (Å²) in [5, 5.41) is 71.6. The van der Waals surface area contributed by atoms with Gasteiger partial charge in [0.15, 0.2) is 0 Å². The number of aromatic amines is 2. The van der Waals surface area contributed by atoms with Crippen molar-refractivity contribution in [1.82, 2.24) is 30.7 Å². The van der Waals surface area contributed by atoms with Gasteiger partial charge < -0.3 is 79.2 Å². The van der Waals surface area contributed by atoms with Crippen LogP contribution in [0.1, 0.15) is 75.5 Å². The molecule has 102 heavy (non-hydrogen) atoms. The van der Waals surface area contributed by atoms with Crippen molar-refractivity contribution >= 4 is 69.4 Å². The fraction of sp³-hybridized carbons (Fsp3) is 0.158. The Morgan fingerprint density at radius 2 is 0.696 bits per heavy atom. The fourth-order valence-electron chi connectivity index (χ4n) is 11.1. The summed E-state index contributed by atoms with van der Waals surface area (Å²) in [5.41, 5.74) is 15.9. The molecule has 0 aliphatic heterocycles. The third-order valence-electron chi connectivity index (χ3n) is 16.0. The second kappa shape index (κ2) is 33.2. The molecule has 0 bridgehead atoms. The van der Waals surface area contributed by atoms with Gasteiger partial charge in [0.25, 0.3) is 0 Å². The first-order chi connectivity index (χ1) is 49.1. The van der Waals surface area contributed by atoms with Gasteiger partial charge in [0.2, 0.25) is 0 Å². The number of para-hydroxylation sites is 4. The van der Waals surface area contributed by atoms with Gasteiger partial charge >= 0.3 is 23.9 Å². The second-order valence-corrected chi connectivity index (χ2v) is 22.5. The van der Waals surface area contributed by atoms with Crippen LogP contribution < -0.4 is 49.7 Å². The summed E-state index contributed by atoms with van der Waals surface area (Å²) in [6, 6.07) is 43.8. The number of H-pyrrole nitrogens is 2. The maximum Gasteiger partial charge on any atom is 0.337 e. The van der Waals surface area contributed by atoms with E-state index in [2.05, 4.69) is 64.1 Å². The molecule has 8 aromatic carbocycles. The average Bonchev–Trinajstić information content (AvgIpc) is 1.43. The first-order valence-electron chi connectivity index (χ1n) is 31.2. The number of carbonyl (C=O) groups is 4. The molecule has 0 unspecified atom stereocenters. The van der Waals surface area contributed by atoms with Gasteiger partial charge in [-0.2, -0.15) is 10.2 Å². The van der Waals surface area contributed by atoms with Gasteiger partial charge in [-0.25, -0.2) is 19.2 Å². The third kappa shape index (κ3) is 16.7. The molecular formula is C76H74N10O16. The lowest BCUT2D eigenvalue weighted by Gasteiger charge is -2.18. The summed E-state index contributed by atoms with van der Waals surface area (Å²) >= 11 is 0. The highest BCUT2D eigenvalue weighted by Gasteiger charge is 2.24. The van der Waals surface area contributed by atoms with E-state index in [1.165, 1.54) is 18.2 Å². The quantitative estimate of drug-likeness (QED) is 0.0301. The van der Waals surface area contributed by atoms with Crippen molar-refractivity contribution < 1.29 is 77.1 Å². The molecular weight excluding hydrogens is 1310 g/mol. The molecule has 0 saturated heterocycles. The summed E-state index contributed by atoms with van der Waals surface area (Å²) in [6.45, 7) is 11.5. The van der Waals surface area contributed by atoms with Crippen molar-refractivity contribution in [2.24, 2.45) is 0 Å². The standard InChI is InChI=1S/C20H20N2O5.C20H20N2O3.2C18H17N3O4/c1-11-18(12(2)27-22-11)13-9-16(25-3)19(17(10-13)26-4)21-15-8-6-5-7-14(15)20(23)24;1-11-9-15(18-13(3)22-25-14(18)4)10-12(2)19(11)21-17-8-6-5-7-16(17)20(23)24;1-24-15-7-11(12-9-19-20-10-12)8-16(25-2)17(15)21-14-6-4-3-5-13(14)18(22)23;1-24-15-9-11(13-7-8-19-21-13)10-16(25-2)17(15)20-14-6-4-3-5-12(14)18(22)23/h5-10,21H,1-4H3,(H,23,24);5-10,21H,1-4H3,(H,23,24);3-10,21H,1-2H3,(H,19,20)(H,22,23);3-10,20H,1-2H3,(H,19,21)(H,22,23). The zero-order valence-corrected chi connectivity index (χ0v) is 57.6. The molecule has 524 valence electrons. The highest BCUT2D eigenvalue weighted by atomic mass is 16.5. The topological polar surface area (TPSA) is 362 Å². The normalized spacial score (nSPS) is 10.5. The molecule has 0 saturated carbocycles. The van der Waals surface area contributed by atoms with E-state index >= 15 is 0 Å². The molecule has 12 aromatic rings. The highest BCUT2D eigenvalue weighted by molar-refractivity contribution is 5.99. The third-order valence-corrected chi connectivity index (χ3v) is 16.0.